The van der Waals surface area contributed by atoms with Crippen LogP contribution in [0.4, 0.5) is 5.82 Å². The number of nitrogens with zero attached hydrogens (tertiary/aromatic N) is 3. The van der Waals surface area contributed by atoms with E-state index in [1.54, 1.807) is 0 Å². The molecule has 2 fully saturated rings. The fraction of sp³-hybridized carbons (Fsp3) is 0.611. The van der Waals surface area contributed by atoms with Gasteiger partial charge in [-0.25, -0.2) is 4.98 Å². The molecular formula is C18H26N6O. The lowest BCUT2D eigenvalue weighted by molar-refractivity contribution is 0.0926. The highest BCUT2D eigenvalue weighted by molar-refractivity contribution is 6.04. The van der Waals surface area contributed by atoms with Gasteiger partial charge in [-0.1, -0.05) is 12.8 Å². The highest BCUT2D eigenvalue weighted by Crippen LogP contribution is 2.22. The fourth-order valence-electron chi connectivity index (χ4n) is 3.76. The van der Waals surface area contributed by atoms with Gasteiger partial charge in [0.2, 0.25) is 0 Å². The Hall–Kier alpha value is -2.15. The van der Waals surface area contributed by atoms with E-state index in [-0.39, 0.29) is 11.9 Å². The molecule has 2 aromatic rings. The summed E-state index contributed by atoms with van der Waals surface area (Å²) >= 11 is 0. The van der Waals surface area contributed by atoms with E-state index in [0.29, 0.717) is 11.3 Å². The third-order valence-corrected chi connectivity index (χ3v) is 5.23. The van der Waals surface area contributed by atoms with E-state index in [9.17, 15) is 4.79 Å². The van der Waals surface area contributed by atoms with Crippen molar-refractivity contribution < 1.29 is 4.79 Å². The summed E-state index contributed by atoms with van der Waals surface area (Å²) in [6.07, 6.45) is 6.95. The molecule has 0 atom stereocenters. The number of hydrogen-bond acceptors (Lipinski definition) is 5. The van der Waals surface area contributed by atoms with Gasteiger partial charge in [0.05, 0.1) is 5.39 Å². The second kappa shape index (κ2) is 7.39. The first-order chi connectivity index (χ1) is 12.3. The molecule has 2 aliphatic rings. The molecule has 25 heavy (non-hydrogen) atoms. The van der Waals surface area contributed by atoms with E-state index in [1.807, 2.05) is 12.1 Å². The minimum absolute atomic E-state index is 0.0845. The Morgan fingerprint density at radius 3 is 2.64 bits per heavy atom. The largest absolute Gasteiger partial charge is 0.357 e. The molecule has 4 heterocycles. The zero-order chi connectivity index (χ0) is 17.1. The summed E-state index contributed by atoms with van der Waals surface area (Å²) in [5.41, 5.74) is 1.14. The first kappa shape index (κ1) is 16.3. The number of amides is 1. The lowest BCUT2D eigenvalue weighted by Crippen LogP contribution is -2.42. The minimum atomic E-state index is -0.0845. The first-order valence-electron chi connectivity index (χ1n) is 9.43. The number of pyridine rings is 1. The maximum atomic E-state index is 12.6. The highest BCUT2D eigenvalue weighted by Gasteiger charge is 2.20. The Labute approximate surface area is 147 Å². The third-order valence-electron chi connectivity index (χ3n) is 5.23. The van der Waals surface area contributed by atoms with Gasteiger partial charge in [-0.05, 0) is 50.9 Å². The predicted molar refractivity (Wildman–Crippen MR) is 97.9 cm³/mol. The number of nitrogens with one attached hydrogen (secondary N) is 3. The van der Waals surface area contributed by atoms with Gasteiger partial charge >= 0.3 is 0 Å². The Balaban J connectivity index is 1.52. The molecule has 134 valence electrons. The molecule has 0 spiro atoms. The minimum Gasteiger partial charge on any atom is -0.357 e. The molecule has 3 N–H and O–H groups in total. The van der Waals surface area contributed by atoms with Crippen LogP contribution < -0.4 is 15.5 Å². The zero-order valence-corrected chi connectivity index (χ0v) is 14.6. The standard InChI is InChI=1S/C18H26N6O/c25-18(20-13-7-9-19-10-8-13)16-14-5-6-15(21-17(14)23-22-16)24-11-3-1-2-4-12-24/h5-6,13,19H,1-4,7-12H2,(H,20,25)(H,21,22,23). The molecule has 2 aliphatic heterocycles. The summed E-state index contributed by atoms with van der Waals surface area (Å²) in [5.74, 6) is 0.880. The Morgan fingerprint density at radius 1 is 1.12 bits per heavy atom. The zero-order valence-electron chi connectivity index (χ0n) is 14.6. The van der Waals surface area contributed by atoms with Gasteiger partial charge < -0.3 is 15.5 Å². The van der Waals surface area contributed by atoms with E-state index in [2.05, 4.69) is 30.7 Å². The SMILES string of the molecule is O=C(NC1CCNCC1)c1[nH]nc2nc(N3CCCCCC3)ccc12. The topological polar surface area (TPSA) is 85.9 Å². The molecular weight excluding hydrogens is 316 g/mol. The number of H-pyrrole nitrogens is 1. The predicted octanol–water partition coefficient (Wildman–Crippen LogP) is 1.82. The van der Waals surface area contributed by atoms with Crippen molar-refractivity contribution in [3.05, 3.63) is 17.8 Å². The number of rotatable bonds is 3. The molecule has 1 amide bonds. The number of aromatic amines is 1. The van der Waals surface area contributed by atoms with Gasteiger partial charge in [0.1, 0.15) is 11.5 Å². The Kier molecular flexibility index (Phi) is 4.83. The number of carbonyl (C=O) groups is 1. The van der Waals surface area contributed by atoms with Gasteiger partial charge in [0, 0.05) is 19.1 Å². The van der Waals surface area contributed by atoms with Crippen molar-refractivity contribution in [2.75, 3.05) is 31.1 Å². The summed E-state index contributed by atoms with van der Waals surface area (Å²) in [4.78, 5) is 19.6. The second-order valence-corrected chi connectivity index (χ2v) is 7.04. The number of hydrogen-bond donors (Lipinski definition) is 3. The maximum Gasteiger partial charge on any atom is 0.270 e. The van der Waals surface area contributed by atoms with E-state index in [4.69, 9.17) is 0 Å². The van der Waals surface area contributed by atoms with Gasteiger partial charge in [0.15, 0.2) is 5.65 Å². The van der Waals surface area contributed by atoms with Gasteiger partial charge in [-0.3, -0.25) is 9.89 Å². The molecule has 2 saturated heterocycles. The summed E-state index contributed by atoms with van der Waals surface area (Å²) in [6.45, 7) is 4.00. The molecule has 0 aromatic carbocycles. The third kappa shape index (κ3) is 3.61. The van der Waals surface area contributed by atoms with Crippen LogP contribution in [0.15, 0.2) is 12.1 Å². The van der Waals surface area contributed by atoms with E-state index in [0.717, 1.165) is 50.2 Å². The number of fused-ring (bicyclic) bond motifs is 1. The second-order valence-electron chi connectivity index (χ2n) is 7.04. The number of aromatic nitrogens is 3. The summed E-state index contributed by atoms with van der Waals surface area (Å²) < 4.78 is 0. The van der Waals surface area contributed by atoms with Crippen LogP contribution in [0.2, 0.25) is 0 Å². The maximum absolute atomic E-state index is 12.6. The Bertz CT molecular complexity index is 728. The van der Waals surface area contributed by atoms with Crippen molar-refractivity contribution in [3.8, 4) is 0 Å². The molecule has 4 rings (SSSR count). The van der Waals surface area contributed by atoms with Gasteiger partial charge in [-0.2, -0.15) is 5.10 Å². The van der Waals surface area contributed by atoms with Crippen LogP contribution >= 0.6 is 0 Å². The molecule has 0 unspecified atom stereocenters. The van der Waals surface area contributed by atoms with E-state index >= 15 is 0 Å². The molecule has 7 heteroatoms. The lowest BCUT2D eigenvalue weighted by atomic mass is 10.1. The fourth-order valence-corrected chi connectivity index (χ4v) is 3.76. The molecule has 0 bridgehead atoms. The molecule has 0 radical (unpaired) electrons. The summed E-state index contributed by atoms with van der Waals surface area (Å²) in [7, 11) is 0. The number of anilines is 1. The molecule has 7 nitrogen and oxygen atoms in total. The smallest absolute Gasteiger partial charge is 0.270 e. The van der Waals surface area contributed by atoms with Crippen LogP contribution in [0.1, 0.15) is 49.0 Å². The molecule has 0 aliphatic carbocycles. The van der Waals surface area contributed by atoms with Crippen LogP contribution in [-0.2, 0) is 0 Å². The summed E-state index contributed by atoms with van der Waals surface area (Å²) in [6, 6.07) is 4.23. The lowest BCUT2D eigenvalue weighted by Gasteiger charge is -2.23. The first-order valence-corrected chi connectivity index (χ1v) is 9.43. The van der Waals surface area contributed by atoms with Crippen LogP contribution in [-0.4, -0.2) is 53.3 Å². The average Bonchev–Trinajstić information content (AvgIpc) is 2.87. The van der Waals surface area contributed by atoms with Crippen LogP contribution in [0.5, 0.6) is 0 Å². The van der Waals surface area contributed by atoms with Gasteiger partial charge in [-0.15, -0.1) is 0 Å². The van der Waals surface area contributed by atoms with Crippen molar-refractivity contribution in [1.29, 1.82) is 0 Å². The van der Waals surface area contributed by atoms with Crippen molar-refractivity contribution >= 4 is 22.8 Å². The van der Waals surface area contributed by atoms with Crippen molar-refractivity contribution in [3.63, 3.8) is 0 Å². The van der Waals surface area contributed by atoms with Crippen LogP contribution in [0.25, 0.3) is 11.0 Å². The molecule has 0 saturated carbocycles. The van der Waals surface area contributed by atoms with Gasteiger partial charge in [0.25, 0.3) is 5.91 Å². The van der Waals surface area contributed by atoms with Crippen molar-refractivity contribution in [2.45, 2.75) is 44.6 Å². The normalized spacial score (nSPS) is 19.8. The van der Waals surface area contributed by atoms with E-state index in [1.165, 1.54) is 25.7 Å². The number of carbonyl (C=O) groups excluding carboxylic acids is 1. The quantitative estimate of drug-likeness (QED) is 0.792. The summed E-state index contributed by atoms with van der Waals surface area (Å²) in [5, 5.41) is 14.4. The van der Waals surface area contributed by atoms with Crippen molar-refractivity contribution in [2.24, 2.45) is 0 Å². The monoisotopic (exact) mass is 342 g/mol. The Morgan fingerprint density at radius 2 is 1.88 bits per heavy atom. The average molecular weight is 342 g/mol. The van der Waals surface area contributed by atoms with Crippen molar-refractivity contribution in [1.82, 2.24) is 25.8 Å². The highest BCUT2D eigenvalue weighted by atomic mass is 16.2. The number of piperidine rings is 1. The van der Waals surface area contributed by atoms with Crippen LogP contribution in [0, 0.1) is 0 Å². The van der Waals surface area contributed by atoms with Crippen LogP contribution in [0.3, 0.4) is 0 Å². The molecule has 2 aromatic heterocycles. The van der Waals surface area contributed by atoms with E-state index < -0.39 is 0 Å².